The summed E-state index contributed by atoms with van der Waals surface area (Å²) >= 11 is 0. The summed E-state index contributed by atoms with van der Waals surface area (Å²) in [6.45, 7) is 0. The Morgan fingerprint density at radius 1 is 1.47 bits per heavy atom. The number of rotatable bonds is 3. The summed E-state index contributed by atoms with van der Waals surface area (Å²) < 4.78 is 5.10. The van der Waals surface area contributed by atoms with E-state index in [0.29, 0.717) is 11.3 Å². The molecular formula is C11H15NO3. The Hall–Kier alpha value is -1.71. The van der Waals surface area contributed by atoms with Crippen molar-refractivity contribution >= 4 is 5.91 Å². The number of aromatic hydroxyl groups is 1. The molecule has 0 saturated carbocycles. The zero-order chi connectivity index (χ0) is 11.4. The fraction of sp³-hybridized carbons (Fsp3) is 0.364. The summed E-state index contributed by atoms with van der Waals surface area (Å²) in [5.41, 5.74) is 0.691. The summed E-state index contributed by atoms with van der Waals surface area (Å²) in [5.74, 6) is 0.722. The molecule has 0 aliphatic heterocycles. The van der Waals surface area contributed by atoms with E-state index in [1.807, 2.05) is 0 Å². The fourth-order valence-corrected chi connectivity index (χ4v) is 1.22. The van der Waals surface area contributed by atoms with Crippen LogP contribution in [0.15, 0.2) is 18.2 Å². The first kappa shape index (κ1) is 11.4. The molecule has 0 atom stereocenters. The first-order valence-corrected chi connectivity index (χ1v) is 4.60. The van der Waals surface area contributed by atoms with Gasteiger partial charge in [0.05, 0.1) is 13.5 Å². The SMILES string of the molecule is COc1ccc(O)cc1CC(=O)N(C)C. The normalized spacial score (nSPS) is 9.80. The van der Waals surface area contributed by atoms with Gasteiger partial charge in [-0.3, -0.25) is 4.79 Å². The number of phenols is 1. The summed E-state index contributed by atoms with van der Waals surface area (Å²) in [6.07, 6.45) is 0.227. The molecule has 0 aliphatic carbocycles. The van der Waals surface area contributed by atoms with Crippen LogP contribution in [0.4, 0.5) is 0 Å². The third kappa shape index (κ3) is 2.87. The molecule has 0 saturated heterocycles. The number of carbonyl (C=O) groups is 1. The standard InChI is InChI=1S/C11H15NO3/c1-12(2)11(14)7-8-6-9(13)4-5-10(8)15-3/h4-6,13H,7H2,1-3H3. The van der Waals surface area contributed by atoms with Crippen LogP contribution in [0.5, 0.6) is 11.5 Å². The Labute approximate surface area is 89.1 Å². The number of likely N-dealkylation sites (N-methyl/N-ethyl adjacent to an activating group) is 1. The van der Waals surface area contributed by atoms with E-state index in [0.717, 1.165) is 0 Å². The minimum atomic E-state index is -0.0288. The summed E-state index contributed by atoms with van der Waals surface area (Å²) in [7, 11) is 4.92. The lowest BCUT2D eigenvalue weighted by Crippen LogP contribution is -2.23. The summed E-state index contributed by atoms with van der Waals surface area (Å²) in [4.78, 5) is 13.0. The molecule has 82 valence electrons. The third-order valence-corrected chi connectivity index (χ3v) is 2.10. The highest BCUT2D eigenvalue weighted by atomic mass is 16.5. The smallest absolute Gasteiger partial charge is 0.226 e. The van der Waals surface area contributed by atoms with E-state index in [1.165, 1.54) is 18.1 Å². The van der Waals surface area contributed by atoms with Crippen molar-refractivity contribution in [3.63, 3.8) is 0 Å². The number of hydrogen-bond acceptors (Lipinski definition) is 3. The van der Waals surface area contributed by atoms with E-state index in [9.17, 15) is 9.90 Å². The van der Waals surface area contributed by atoms with Gasteiger partial charge in [-0.25, -0.2) is 0 Å². The minimum Gasteiger partial charge on any atom is -0.508 e. The largest absolute Gasteiger partial charge is 0.508 e. The number of phenolic OH excluding ortho intramolecular Hbond substituents is 1. The van der Waals surface area contributed by atoms with Crippen LogP contribution in [0.3, 0.4) is 0 Å². The van der Waals surface area contributed by atoms with Crippen LogP contribution >= 0.6 is 0 Å². The molecule has 0 fully saturated rings. The number of ether oxygens (including phenoxy) is 1. The molecule has 0 bridgehead atoms. The van der Waals surface area contributed by atoms with Crippen molar-refractivity contribution in [2.75, 3.05) is 21.2 Å². The van der Waals surface area contributed by atoms with Crippen molar-refractivity contribution in [3.8, 4) is 11.5 Å². The molecular weight excluding hydrogens is 194 g/mol. The molecule has 0 spiro atoms. The zero-order valence-corrected chi connectivity index (χ0v) is 9.15. The Morgan fingerprint density at radius 2 is 2.13 bits per heavy atom. The topological polar surface area (TPSA) is 49.8 Å². The fourth-order valence-electron chi connectivity index (χ4n) is 1.22. The van der Waals surface area contributed by atoms with Gasteiger partial charge in [0, 0.05) is 19.7 Å². The van der Waals surface area contributed by atoms with E-state index in [1.54, 1.807) is 26.2 Å². The first-order valence-electron chi connectivity index (χ1n) is 4.60. The van der Waals surface area contributed by atoms with Gasteiger partial charge in [0.15, 0.2) is 0 Å². The van der Waals surface area contributed by atoms with Crippen LogP contribution in [0.2, 0.25) is 0 Å². The number of amides is 1. The van der Waals surface area contributed by atoms with Crippen LogP contribution in [0, 0.1) is 0 Å². The Bertz CT molecular complexity index is 361. The molecule has 0 radical (unpaired) electrons. The number of nitrogens with zero attached hydrogens (tertiary/aromatic N) is 1. The van der Waals surface area contributed by atoms with Gasteiger partial charge in [-0.15, -0.1) is 0 Å². The highest BCUT2D eigenvalue weighted by Crippen LogP contribution is 2.23. The zero-order valence-electron chi connectivity index (χ0n) is 9.15. The van der Waals surface area contributed by atoms with E-state index in [-0.39, 0.29) is 18.1 Å². The summed E-state index contributed by atoms with van der Waals surface area (Å²) in [6, 6.07) is 4.72. The molecule has 4 heteroatoms. The van der Waals surface area contributed by atoms with Gasteiger partial charge >= 0.3 is 0 Å². The van der Waals surface area contributed by atoms with Crippen molar-refractivity contribution in [2.24, 2.45) is 0 Å². The number of benzene rings is 1. The quantitative estimate of drug-likeness (QED) is 0.809. The van der Waals surface area contributed by atoms with Crippen LogP contribution < -0.4 is 4.74 Å². The molecule has 1 rings (SSSR count). The van der Waals surface area contributed by atoms with Crippen LogP contribution in [-0.4, -0.2) is 37.1 Å². The minimum absolute atomic E-state index is 0.0288. The second-order valence-electron chi connectivity index (χ2n) is 3.46. The van der Waals surface area contributed by atoms with Crippen LogP contribution in [-0.2, 0) is 11.2 Å². The van der Waals surface area contributed by atoms with Gasteiger partial charge in [0.2, 0.25) is 5.91 Å². The molecule has 0 aromatic heterocycles. The maximum absolute atomic E-state index is 11.5. The van der Waals surface area contributed by atoms with Crippen LogP contribution in [0.1, 0.15) is 5.56 Å². The van der Waals surface area contributed by atoms with Crippen molar-refractivity contribution in [1.82, 2.24) is 4.90 Å². The van der Waals surface area contributed by atoms with Gasteiger partial charge < -0.3 is 14.7 Å². The molecule has 1 amide bonds. The van der Waals surface area contributed by atoms with E-state index < -0.39 is 0 Å². The summed E-state index contributed by atoms with van der Waals surface area (Å²) in [5, 5.41) is 9.30. The molecule has 0 unspecified atom stereocenters. The second kappa shape index (κ2) is 4.68. The molecule has 15 heavy (non-hydrogen) atoms. The van der Waals surface area contributed by atoms with Crippen molar-refractivity contribution < 1.29 is 14.6 Å². The monoisotopic (exact) mass is 209 g/mol. The van der Waals surface area contributed by atoms with Gasteiger partial charge in [-0.05, 0) is 18.2 Å². The van der Waals surface area contributed by atoms with Crippen molar-refractivity contribution in [1.29, 1.82) is 0 Å². The maximum atomic E-state index is 11.5. The van der Waals surface area contributed by atoms with E-state index in [2.05, 4.69) is 0 Å². The lowest BCUT2D eigenvalue weighted by atomic mass is 10.1. The highest BCUT2D eigenvalue weighted by Gasteiger charge is 2.10. The molecule has 4 nitrogen and oxygen atoms in total. The number of methoxy groups -OCH3 is 1. The van der Waals surface area contributed by atoms with Gasteiger partial charge in [0.25, 0.3) is 0 Å². The predicted octanol–water partition coefficient (Wildman–Crippen LogP) is 1.03. The van der Waals surface area contributed by atoms with Crippen molar-refractivity contribution in [3.05, 3.63) is 23.8 Å². The van der Waals surface area contributed by atoms with Gasteiger partial charge in [-0.2, -0.15) is 0 Å². The Balaban J connectivity index is 2.92. The number of carbonyl (C=O) groups excluding carboxylic acids is 1. The molecule has 0 heterocycles. The second-order valence-corrected chi connectivity index (χ2v) is 3.46. The van der Waals surface area contributed by atoms with Gasteiger partial charge in [-0.1, -0.05) is 0 Å². The highest BCUT2D eigenvalue weighted by molar-refractivity contribution is 5.79. The molecule has 1 aromatic rings. The number of hydrogen-bond donors (Lipinski definition) is 1. The average molecular weight is 209 g/mol. The third-order valence-electron chi connectivity index (χ3n) is 2.10. The predicted molar refractivity (Wildman–Crippen MR) is 57.1 cm³/mol. The first-order chi connectivity index (χ1) is 7.04. The Kier molecular flexibility index (Phi) is 3.55. The lowest BCUT2D eigenvalue weighted by molar-refractivity contribution is -0.127. The lowest BCUT2D eigenvalue weighted by Gasteiger charge is -2.12. The molecule has 0 aliphatic rings. The van der Waals surface area contributed by atoms with Crippen LogP contribution in [0.25, 0.3) is 0 Å². The van der Waals surface area contributed by atoms with E-state index in [4.69, 9.17) is 4.74 Å². The average Bonchev–Trinajstić information content (AvgIpc) is 2.18. The molecule has 1 aromatic carbocycles. The molecule has 1 N–H and O–H groups in total. The maximum Gasteiger partial charge on any atom is 0.226 e. The Morgan fingerprint density at radius 3 is 2.67 bits per heavy atom. The van der Waals surface area contributed by atoms with Gasteiger partial charge in [0.1, 0.15) is 11.5 Å². The van der Waals surface area contributed by atoms with Crippen molar-refractivity contribution in [2.45, 2.75) is 6.42 Å². The van der Waals surface area contributed by atoms with E-state index >= 15 is 0 Å².